The van der Waals surface area contributed by atoms with E-state index in [0.717, 1.165) is 0 Å². The van der Waals surface area contributed by atoms with Gasteiger partial charge in [0.15, 0.2) is 0 Å². The van der Waals surface area contributed by atoms with Crippen LogP contribution in [0.25, 0.3) is 0 Å². The third kappa shape index (κ3) is 257. The molecule has 0 aromatic heterocycles. The first-order valence-corrected chi connectivity index (χ1v) is 1.84. The van der Waals surface area contributed by atoms with Crippen LogP contribution in [0.1, 0.15) is 0 Å². The molecular formula is C3MnO9-6. The van der Waals surface area contributed by atoms with Crippen molar-refractivity contribution in [2.24, 2.45) is 0 Å². The van der Waals surface area contributed by atoms with E-state index in [-0.39, 0.29) is 17.1 Å². The van der Waals surface area contributed by atoms with Crippen LogP contribution in [-0.2, 0) is 17.1 Å². The third-order valence-electron chi connectivity index (χ3n) is 0. The van der Waals surface area contributed by atoms with Gasteiger partial charge in [0.2, 0.25) is 0 Å². The molecule has 0 aromatic rings. The summed E-state index contributed by atoms with van der Waals surface area (Å²) in [6.07, 6.45) is -7.00. The van der Waals surface area contributed by atoms with E-state index >= 15 is 0 Å². The second kappa shape index (κ2) is 16.7. The third-order valence-corrected chi connectivity index (χ3v) is 0. The number of carbonyl (C=O) groups is 3. The van der Waals surface area contributed by atoms with Crippen LogP contribution in [-0.4, -0.2) is 18.5 Å². The van der Waals surface area contributed by atoms with E-state index in [1.807, 2.05) is 0 Å². The molecule has 0 spiro atoms. The average Bonchev–Trinajstić information content (AvgIpc) is 1.54. The molecule has 0 aromatic carbocycles. The number of rotatable bonds is 0. The molecule has 0 N–H and O–H groups in total. The van der Waals surface area contributed by atoms with E-state index in [2.05, 4.69) is 0 Å². The van der Waals surface area contributed by atoms with Crippen LogP contribution in [0.4, 0.5) is 14.4 Å². The summed E-state index contributed by atoms with van der Waals surface area (Å²) in [7, 11) is 0. The molecule has 0 unspecified atom stereocenters. The molecule has 0 bridgehead atoms. The summed E-state index contributed by atoms with van der Waals surface area (Å²) in [4.78, 5) is 25.0. The van der Waals surface area contributed by atoms with Crippen molar-refractivity contribution < 1.29 is 62.1 Å². The van der Waals surface area contributed by atoms with Crippen molar-refractivity contribution in [2.45, 2.75) is 0 Å². The Morgan fingerprint density at radius 2 is 0.538 bits per heavy atom. The smallest absolute Gasteiger partial charge is 0 e. The maximum absolute atomic E-state index is 8.33. The molecule has 0 saturated carbocycles. The zero-order chi connectivity index (χ0) is 10.7. The van der Waals surface area contributed by atoms with Crippen LogP contribution >= 0.6 is 0 Å². The number of carbonyl (C=O) groups excluding carboxylic acids is 3. The number of carboxylic acid groups (broad SMARTS) is 6. The molecule has 1 radical (unpaired) electrons. The van der Waals surface area contributed by atoms with Crippen molar-refractivity contribution in [1.82, 2.24) is 0 Å². The van der Waals surface area contributed by atoms with Crippen LogP contribution in [0, 0.1) is 0 Å². The van der Waals surface area contributed by atoms with E-state index in [0.29, 0.717) is 0 Å². The summed E-state index contributed by atoms with van der Waals surface area (Å²) >= 11 is 0. The summed E-state index contributed by atoms with van der Waals surface area (Å²) in [6.45, 7) is 0. The Kier molecular flexibility index (Phi) is 29.0. The Morgan fingerprint density at radius 1 is 0.538 bits per heavy atom. The number of hydrogen-bond donors (Lipinski definition) is 0. The maximum Gasteiger partial charge on any atom is 0 e. The van der Waals surface area contributed by atoms with Gasteiger partial charge in [-0.3, -0.25) is 0 Å². The normalized spacial score (nSPS) is 5.54. The summed E-state index contributed by atoms with van der Waals surface area (Å²) in [6, 6.07) is 0. The monoisotopic (exact) mass is 235 g/mol. The summed E-state index contributed by atoms with van der Waals surface area (Å²) in [5, 5.41) is 50.0. The van der Waals surface area contributed by atoms with Gasteiger partial charge in [0.05, 0.1) is 0 Å². The van der Waals surface area contributed by atoms with E-state index in [9.17, 15) is 0 Å². The van der Waals surface area contributed by atoms with Gasteiger partial charge in [-0.25, -0.2) is 0 Å². The predicted molar refractivity (Wildman–Crippen MR) is 16.2 cm³/mol. The average molecular weight is 235 g/mol. The van der Waals surface area contributed by atoms with Crippen molar-refractivity contribution in [2.75, 3.05) is 0 Å². The molecule has 10 heteroatoms. The molecule has 9 nitrogen and oxygen atoms in total. The van der Waals surface area contributed by atoms with Crippen LogP contribution in [0.2, 0.25) is 0 Å². The molecule has 0 rings (SSSR count). The second-order valence-electron chi connectivity index (χ2n) is 0.750. The van der Waals surface area contributed by atoms with E-state index in [1.165, 1.54) is 0 Å². The topological polar surface area (TPSA) is 190 Å². The summed E-state index contributed by atoms with van der Waals surface area (Å²) in [5.74, 6) is 0. The number of hydrogen-bond acceptors (Lipinski definition) is 9. The first kappa shape index (κ1) is 22.5. The van der Waals surface area contributed by atoms with E-state index < -0.39 is 18.5 Å². The molecule has 0 aliphatic rings. The zero-order valence-electron chi connectivity index (χ0n) is 5.55. The van der Waals surface area contributed by atoms with E-state index in [1.54, 1.807) is 0 Å². The van der Waals surface area contributed by atoms with Gasteiger partial charge in [-0.2, -0.15) is 0 Å². The largest absolute Gasteiger partial charge is 0.652 e. The molecule has 0 atom stereocenters. The first-order valence-electron chi connectivity index (χ1n) is 1.84. The fourth-order valence-corrected chi connectivity index (χ4v) is 0. The van der Waals surface area contributed by atoms with Crippen molar-refractivity contribution in [3.8, 4) is 0 Å². The summed E-state index contributed by atoms with van der Waals surface area (Å²) < 4.78 is 0. The minimum atomic E-state index is -2.33. The SMILES string of the molecule is O=C([O-])[O-].O=C([O-])[O-].O=C([O-])[O-].[Mn]. The van der Waals surface area contributed by atoms with E-state index in [4.69, 9.17) is 45.0 Å². The van der Waals surface area contributed by atoms with Crippen LogP contribution in [0.3, 0.4) is 0 Å². The molecule has 0 saturated heterocycles. The second-order valence-corrected chi connectivity index (χ2v) is 0.750. The van der Waals surface area contributed by atoms with Gasteiger partial charge in [0.1, 0.15) is 0 Å². The van der Waals surface area contributed by atoms with Crippen molar-refractivity contribution in [3.63, 3.8) is 0 Å². The van der Waals surface area contributed by atoms with Gasteiger partial charge < -0.3 is 45.0 Å². The first-order chi connectivity index (χ1) is 5.20. The minimum Gasteiger partial charge on any atom is -0.652 e. The Hall–Kier alpha value is -1.67. The fraction of sp³-hybridized carbons (Fsp3) is 0. The van der Waals surface area contributed by atoms with Gasteiger partial charge >= 0.3 is 0 Å². The molecule has 13 heavy (non-hydrogen) atoms. The van der Waals surface area contributed by atoms with Gasteiger partial charge in [0.25, 0.3) is 0 Å². The quantitative estimate of drug-likeness (QED) is 0.366. The van der Waals surface area contributed by atoms with Gasteiger partial charge in [-0.05, 0) is 18.5 Å². The fourth-order valence-electron chi connectivity index (χ4n) is 0. The standard InChI is InChI=1S/3CH2O3.Mn/c3*2-1(3)4;/h3*(H2,2,3,4);/p-6. The van der Waals surface area contributed by atoms with Gasteiger partial charge in [-0.15, -0.1) is 0 Å². The Labute approximate surface area is 81.3 Å². The molecule has 0 aliphatic carbocycles. The van der Waals surface area contributed by atoms with Crippen molar-refractivity contribution in [3.05, 3.63) is 0 Å². The Morgan fingerprint density at radius 3 is 0.538 bits per heavy atom. The van der Waals surface area contributed by atoms with Crippen molar-refractivity contribution in [1.29, 1.82) is 0 Å². The molecule has 79 valence electrons. The summed E-state index contributed by atoms with van der Waals surface area (Å²) in [5.41, 5.74) is 0. The zero-order valence-corrected chi connectivity index (χ0v) is 6.73. The minimum absolute atomic E-state index is 0. The molecule has 0 fully saturated rings. The molecule has 0 amide bonds. The maximum atomic E-state index is 8.33. The molecular weight excluding hydrogens is 235 g/mol. The molecule has 0 heterocycles. The van der Waals surface area contributed by atoms with Crippen LogP contribution in [0.5, 0.6) is 0 Å². The molecule has 0 aliphatic heterocycles. The van der Waals surface area contributed by atoms with Gasteiger partial charge in [0, 0.05) is 17.1 Å². The Balaban J connectivity index is -0.0000000450. The van der Waals surface area contributed by atoms with Crippen molar-refractivity contribution >= 4 is 18.5 Å². The predicted octanol–water partition coefficient (Wildman–Crippen LogP) is -7.34. The van der Waals surface area contributed by atoms with Gasteiger partial charge in [-0.1, -0.05) is 0 Å². The van der Waals surface area contributed by atoms with Crippen LogP contribution < -0.4 is 30.6 Å². The Bertz CT molecular complexity index is 112. The van der Waals surface area contributed by atoms with Crippen LogP contribution in [0.15, 0.2) is 0 Å².